The average Bonchev–Trinajstić information content (AvgIpc) is 2.90. The van der Waals surface area contributed by atoms with Crippen LogP contribution in [0.5, 0.6) is 5.75 Å². The molecular formula is C15H20N2OS. The number of hydrogen-bond acceptors (Lipinski definition) is 4. The Morgan fingerprint density at radius 2 is 2.05 bits per heavy atom. The monoisotopic (exact) mass is 276 g/mol. The largest absolute Gasteiger partial charge is 0.497 e. The molecule has 1 aromatic heterocycles. The number of thiophene rings is 1. The van der Waals surface area contributed by atoms with Crippen LogP contribution in [0.15, 0.2) is 35.7 Å². The number of rotatable bonds is 5. The van der Waals surface area contributed by atoms with E-state index in [1.54, 1.807) is 18.4 Å². The average molecular weight is 276 g/mol. The molecule has 0 fully saturated rings. The van der Waals surface area contributed by atoms with Crippen LogP contribution >= 0.6 is 11.3 Å². The Bertz CT molecular complexity index is 523. The fourth-order valence-corrected chi connectivity index (χ4v) is 2.95. The highest BCUT2D eigenvalue weighted by Gasteiger charge is 2.17. The summed E-state index contributed by atoms with van der Waals surface area (Å²) in [6.45, 7) is 4.41. The van der Waals surface area contributed by atoms with Gasteiger partial charge in [0.1, 0.15) is 5.75 Å². The molecule has 1 heterocycles. The Labute approximate surface area is 118 Å². The smallest absolute Gasteiger partial charge is 0.121 e. The third kappa shape index (κ3) is 3.20. The minimum absolute atomic E-state index is 0.274. The zero-order valence-corrected chi connectivity index (χ0v) is 12.3. The second-order valence-corrected chi connectivity index (χ2v) is 5.81. The van der Waals surface area contributed by atoms with E-state index in [4.69, 9.17) is 10.5 Å². The van der Waals surface area contributed by atoms with Gasteiger partial charge in [0.05, 0.1) is 24.5 Å². The number of nitrogens with two attached hydrogens (primary N) is 1. The first kappa shape index (κ1) is 13.7. The van der Waals surface area contributed by atoms with Gasteiger partial charge in [-0.2, -0.15) is 0 Å². The van der Waals surface area contributed by atoms with E-state index in [1.807, 2.05) is 18.2 Å². The molecule has 0 radical (unpaired) electrons. The lowest BCUT2D eigenvalue weighted by atomic mass is 10.0. The third-order valence-electron chi connectivity index (χ3n) is 3.09. The lowest BCUT2D eigenvalue weighted by molar-refractivity contribution is 0.415. The van der Waals surface area contributed by atoms with Gasteiger partial charge in [-0.3, -0.25) is 0 Å². The summed E-state index contributed by atoms with van der Waals surface area (Å²) < 4.78 is 5.17. The quantitative estimate of drug-likeness (QED) is 0.807. The van der Waals surface area contributed by atoms with Crippen molar-refractivity contribution in [1.29, 1.82) is 0 Å². The maximum Gasteiger partial charge on any atom is 0.121 e. The van der Waals surface area contributed by atoms with Gasteiger partial charge in [-0.25, -0.2) is 0 Å². The summed E-state index contributed by atoms with van der Waals surface area (Å²) in [5.74, 6) is 1.26. The molecule has 0 aliphatic carbocycles. The maximum atomic E-state index is 6.06. The zero-order chi connectivity index (χ0) is 13.8. The lowest BCUT2D eigenvalue weighted by Gasteiger charge is -2.23. The Morgan fingerprint density at radius 3 is 2.58 bits per heavy atom. The second kappa shape index (κ2) is 5.97. The molecule has 0 aliphatic heterocycles. The fraction of sp³-hybridized carbons (Fsp3) is 0.333. The molecule has 102 valence electrons. The van der Waals surface area contributed by atoms with E-state index in [0.29, 0.717) is 11.6 Å². The van der Waals surface area contributed by atoms with Crippen LogP contribution in [0.3, 0.4) is 0 Å². The van der Waals surface area contributed by atoms with E-state index in [9.17, 15) is 0 Å². The highest BCUT2D eigenvalue weighted by Crippen LogP contribution is 2.33. The topological polar surface area (TPSA) is 47.3 Å². The third-order valence-corrected chi connectivity index (χ3v) is 4.04. The van der Waals surface area contributed by atoms with Crippen molar-refractivity contribution in [3.63, 3.8) is 0 Å². The summed E-state index contributed by atoms with van der Waals surface area (Å²) in [7, 11) is 1.64. The van der Waals surface area contributed by atoms with Gasteiger partial charge >= 0.3 is 0 Å². The van der Waals surface area contributed by atoms with Crippen molar-refractivity contribution in [2.75, 3.05) is 18.2 Å². The van der Waals surface area contributed by atoms with E-state index >= 15 is 0 Å². The van der Waals surface area contributed by atoms with Crippen LogP contribution in [0.1, 0.15) is 24.8 Å². The molecule has 19 heavy (non-hydrogen) atoms. The van der Waals surface area contributed by atoms with Crippen LogP contribution < -0.4 is 15.8 Å². The summed E-state index contributed by atoms with van der Waals surface area (Å²) >= 11 is 1.76. The van der Waals surface area contributed by atoms with Gasteiger partial charge in [-0.05, 0) is 29.5 Å². The minimum atomic E-state index is 0.274. The summed E-state index contributed by atoms with van der Waals surface area (Å²) in [5.41, 5.74) is 7.72. The van der Waals surface area contributed by atoms with Crippen molar-refractivity contribution in [3.05, 3.63) is 40.6 Å². The molecule has 4 heteroatoms. The Balaban J connectivity index is 2.23. The van der Waals surface area contributed by atoms with E-state index in [-0.39, 0.29) is 6.04 Å². The number of benzene rings is 1. The van der Waals surface area contributed by atoms with Crippen LogP contribution in [0, 0.1) is 5.92 Å². The first-order chi connectivity index (χ1) is 9.11. The number of hydrogen-bond donors (Lipinski definition) is 2. The number of anilines is 2. The van der Waals surface area contributed by atoms with E-state index < -0.39 is 0 Å². The van der Waals surface area contributed by atoms with Crippen LogP contribution in [-0.4, -0.2) is 7.11 Å². The number of nitrogens with one attached hydrogen (secondary N) is 1. The highest BCUT2D eigenvalue weighted by molar-refractivity contribution is 7.10. The van der Waals surface area contributed by atoms with Crippen LogP contribution in [-0.2, 0) is 0 Å². The van der Waals surface area contributed by atoms with Crippen molar-refractivity contribution >= 4 is 22.7 Å². The van der Waals surface area contributed by atoms with Crippen molar-refractivity contribution in [2.45, 2.75) is 19.9 Å². The predicted molar refractivity (Wildman–Crippen MR) is 82.9 cm³/mol. The predicted octanol–water partition coefficient (Wildman–Crippen LogP) is 4.15. The maximum absolute atomic E-state index is 6.06. The van der Waals surface area contributed by atoms with Crippen molar-refractivity contribution in [3.8, 4) is 5.75 Å². The Kier molecular flexibility index (Phi) is 4.32. The molecule has 0 spiro atoms. The summed E-state index contributed by atoms with van der Waals surface area (Å²) in [4.78, 5) is 1.32. The lowest BCUT2D eigenvalue weighted by Crippen LogP contribution is -2.16. The van der Waals surface area contributed by atoms with Crippen molar-refractivity contribution < 1.29 is 4.74 Å². The van der Waals surface area contributed by atoms with E-state index in [2.05, 4.69) is 36.7 Å². The van der Waals surface area contributed by atoms with Gasteiger partial charge in [0, 0.05) is 10.9 Å². The molecule has 0 bridgehead atoms. The molecule has 1 atom stereocenters. The van der Waals surface area contributed by atoms with Gasteiger partial charge in [-0.1, -0.05) is 19.9 Å². The van der Waals surface area contributed by atoms with Crippen molar-refractivity contribution in [2.24, 2.45) is 5.92 Å². The van der Waals surface area contributed by atoms with Gasteiger partial charge in [0.15, 0.2) is 0 Å². The molecule has 2 aromatic rings. The highest BCUT2D eigenvalue weighted by atomic mass is 32.1. The van der Waals surface area contributed by atoms with Gasteiger partial charge in [0.2, 0.25) is 0 Å². The molecule has 1 unspecified atom stereocenters. The number of ether oxygens (including phenoxy) is 1. The SMILES string of the molecule is COc1ccc(NC(c2cccs2)C(C)C)c(N)c1. The molecule has 1 aromatic carbocycles. The van der Waals surface area contributed by atoms with Gasteiger partial charge in [-0.15, -0.1) is 11.3 Å². The molecule has 2 rings (SSSR count). The van der Waals surface area contributed by atoms with Crippen LogP contribution in [0.25, 0.3) is 0 Å². The van der Waals surface area contributed by atoms with Crippen LogP contribution in [0.2, 0.25) is 0 Å². The molecule has 3 N–H and O–H groups in total. The molecule has 0 amide bonds. The summed E-state index contributed by atoms with van der Waals surface area (Å²) in [5, 5.41) is 5.63. The molecule has 3 nitrogen and oxygen atoms in total. The Hall–Kier alpha value is -1.68. The summed E-state index contributed by atoms with van der Waals surface area (Å²) in [6.07, 6.45) is 0. The zero-order valence-electron chi connectivity index (χ0n) is 11.5. The number of nitrogen functional groups attached to an aromatic ring is 1. The fourth-order valence-electron chi connectivity index (χ4n) is 2.00. The molecular weight excluding hydrogens is 256 g/mol. The van der Waals surface area contributed by atoms with Gasteiger partial charge in [0.25, 0.3) is 0 Å². The minimum Gasteiger partial charge on any atom is -0.497 e. The standard InChI is InChI=1S/C15H20N2OS/c1-10(2)15(14-5-4-8-19-14)17-13-7-6-11(18-3)9-12(13)16/h4-10,15,17H,16H2,1-3H3. The van der Waals surface area contributed by atoms with Crippen molar-refractivity contribution in [1.82, 2.24) is 0 Å². The van der Waals surface area contributed by atoms with Gasteiger partial charge < -0.3 is 15.8 Å². The number of methoxy groups -OCH3 is 1. The molecule has 0 saturated heterocycles. The Morgan fingerprint density at radius 1 is 1.26 bits per heavy atom. The second-order valence-electron chi connectivity index (χ2n) is 4.83. The first-order valence-corrected chi connectivity index (χ1v) is 7.23. The van der Waals surface area contributed by atoms with E-state index in [1.165, 1.54) is 4.88 Å². The summed E-state index contributed by atoms with van der Waals surface area (Å²) in [6, 6.07) is 10.2. The molecule has 0 saturated carbocycles. The van der Waals surface area contributed by atoms with Crippen LogP contribution in [0.4, 0.5) is 11.4 Å². The normalized spacial score (nSPS) is 12.4. The molecule has 0 aliphatic rings. The first-order valence-electron chi connectivity index (χ1n) is 6.35. The van der Waals surface area contributed by atoms with E-state index in [0.717, 1.165) is 11.4 Å².